The first kappa shape index (κ1) is 26.8. The van der Waals surface area contributed by atoms with Crippen molar-refractivity contribution < 1.29 is 42.1 Å². The Kier molecular flexibility index (Phi) is 8.08. The van der Waals surface area contributed by atoms with Crippen LogP contribution in [0.5, 0.6) is 11.5 Å². The Morgan fingerprint density at radius 2 is 1.53 bits per heavy atom. The number of aromatic nitrogens is 1. The van der Waals surface area contributed by atoms with E-state index < -0.39 is 18.2 Å². The maximum absolute atomic E-state index is 12.4. The third-order valence-electron chi connectivity index (χ3n) is 6.21. The maximum Gasteiger partial charge on any atom is 0.573 e. The molecule has 4 rings (SSSR count). The average molecular weight is 534 g/mol. The summed E-state index contributed by atoms with van der Waals surface area (Å²) in [6.07, 6.45) is -2.38. The van der Waals surface area contributed by atoms with Gasteiger partial charge in [0.1, 0.15) is 17.2 Å². The van der Waals surface area contributed by atoms with Crippen molar-refractivity contribution in [3.63, 3.8) is 0 Å². The lowest BCUT2D eigenvalue weighted by Crippen LogP contribution is -2.34. The number of fused-ring (bicyclic) bond motifs is 1. The second-order valence-corrected chi connectivity index (χ2v) is 8.95. The Balaban J connectivity index is 1.20. The summed E-state index contributed by atoms with van der Waals surface area (Å²) in [6.45, 7) is 0.280. The van der Waals surface area contributed by atoms with E-state index in [1.807, 2.05) is 0 Å². The van der Waals surface area contributed by atoms with Gasteiger partial charge in [-0.05, 0) is 74.2 Å². The number of rotatable bonds is 9. The number of hydrogen-bond donors (Lipinski definition) is 4. The van der Waals surface area contributed by atoms with Crippen LogP contribution >= 0.6 is 0 Å². The molecule has 1 aliphatic carbocycles. The Labute approximate surface area is 215 Å². The van der Waals surface area contributed by atoms with Gasteiger partial charge in [-0.25, -0.2) is 0 Å². The summed E-state index contributed by atoms with van der Waals surface area (Å²) >= 11 is 0. The molecule has 4 N–H and O–H groups in total. The maximum atomic E-state index is 12.4. The number of carboxylic acids is 1. The SMILES string of the molecule is O=C(NCCNC(=O)c1cc2cc(OC(F)(F)F)ccc2[nH]1)c1ccc(OC2CCC(C(=O)O)CC2)cc1. The van der Waals surface area contributed by atoms with Crippen molar-refractivity contribution in [3.05, 3.63) is 59.8 Å². The molecule has 1 aliphatic rings. The van der Waals surface area contributed by atoms with Crippen LogP contribution in [0.2, 0.25) is 0 Å². The van der Waals surface area contributed by atoms with Gasteiger partial charge in [-0.15, -0.1) is 13.2 Å². The highest BCUT2D eigenvalue weighted by atomic mass is 19.4. The number of ether oxygens (including phenoxy) is 2. The third kappa shape index (κ3) is 7.17. The van der Waals surface area contributed by atoms with Crippen molar-refractivity contribution in [2.24, 2.45) is 5.92 Å². The number of alkyl halides is 3. The Morgan fingerprint density at radius 1 is 0.895 bits per heavy atom. The molecule has 1 aromatic heterocycles. The predicted octanol–water partition coefficient (Wildman–Crippen LogP) is 4.25. The third-order valence-corrected chi connectivity index (χ3v) is 6.21. The molecule has 2 aromatic carbocycles. The number of halogens is 3. The zero-order valence-electron chi connectivity index (χ0n) is 20.1. The highest BCUT2D eigenvalue weighted by molar-refractivity contribution is 5.98. The summed E-state index contributed by atoms with van der Waals surface area (Å²) in [6, 6.07) is 11.7. The molecule has 0 spiro atoms. The van der Waals surface area contributed by atoms with Gasteiger partial charge in [0.25, 0.3) is 11.8 Å². The zero-order chi connectivity index (χ0) is 27.3. The van der Waals surface area contributed by atoms with Gasteiger partial charge < -0.3 is 30.2 Å². The second-order valence-electron chi connectivity index (χ2n) is 8.95. The Morgan fingerprint density at radius 3 is 2.16 bits per heavy atom. The van der Waals surface area contributed by atoms with Crippen LogP contribution in [0.15, 0.2) is 48.5 Å². The summed E-state index contributed by atoms with van der Waals surface area (Å²) in [5.41, 5.74) is 1.03. The molecule has 9 nitrogen and oxygen atoms in total. The fourth-order valence-electron chi connectivity index (χ4n) is 4.28. The van der Waals surface area contributed by atoms with Gasteiger partial charge in [0.05, 0.1) is 12.0 Å². The second kappa shape index (κ2) is 11.4. The summed E-state index contributed by atoms with van der Waals surface area (Å²) in [5, 5.41) is 14.8. The molecule has 3 aromatic rings. The molecule has 0 aliphatic heterocycles. The molecular formula is C26H26F3N3O6. The molecule has 202 valence electrons. The molecular weight excluding hydrogens is 507 g/mol. The number of amides is 2. The van der Waals surface area contributed by atoms with Crippen molar-refractivity contribution in [1.29, 1.82) is 0 Å². The van der Waals surface area contributed by atoms with E-state index in [0.717, 1.165) is 6.07 Å². The first-order chi connectivity index (χ1) is 18.1. The summed E-state index contributed by atoms with van der Waals surface area (Å²) in [5.74, 6) is -1.69. The van der Waals surface area contributed by atoms with Gasteiger partial charge in [0.2, 0.25) is 0 Å². The summed E-state index contributed by atoms with van der Waals surface area (Å²) < 4.78 is 47.0. The number of carbonyl (C=O) groups excluding carboxylic acids is 2. The number of nitrogens with one attached hydrogen (secondary N) is 3. The normalized spacial score (nSPS) is 17.6. The number of benzene rings is 2. The van der Waals surface area contributed by atoms with Crippen LogP contribution in [0, 0.1) is 5.92 Å². The summed E-state index contributed by atoms with van der Waals surface area (Å²) in [4.78, 5) is 38.7. The standard InChI is InChI=1S/C26H26F3N3O6/c27-26(28,29)38-20-9-10-21-17(13-20)14-22(32-21)24(34)31-12-11-30-23(33)15-1-5-18(6-2-15)37-19-7-3-16(4-8-19)25(35)36/h1-2,5-6,9-10,13-14,16,19,32H,3-4,7-8,11-12H2,(H,30,33)(H,31,34)(H,35,36). The van der Waals surface area contributed by atoms with Gasteiger partial charge in [0.15, 0.2) is 0 Å². The molecule has 0 unspecified atom stereocenters. The molecule has 0 saturated heterocycles. The fourth-order valence-corrected chi connectivity index (χ4v) is 4.28. The van der Waals surface area contributed by atoms with E-state index in [1.165, 1.54) is 18.2 Å². The molecule has 0 radical (unpaired) electrons. The number of aliphatic carboxylic acids is 1. The highest BCUT2D eigenvalue weighted by Gasteiger charge is 2.31. The average Bonchev–Trinajstić information content (AvgIpc) is 3.30. The Hall–Kier alpha value is -4.22. The first-order valence-corrected chi connectivity index (χ1v) is 12.0. The van der Waals surface area contributed by atoms with E-state index in [1.54, 1.807) is 24.3 Å². The number of aromatic amines is 1. The highest BCUT2D eigenvalue weighted by Crippen LogP contribution is 2.28. The first-order valence-electron chi connectivity index (χ1n) is 12.0. The topological polar surface area (TPSA) is 130 Å². The molecule has 0 atom stereocenters. The van der Waals surface area contributed by atoms with Gasteiger partial charge in [0, 0.05) is 29.6 Å². The minimum Gasteiger partial charge on any atom is -0.490 e. The van der Waals surface area contributed by atoms with E-state index >= 15 is 0 Å². The molecule has 38 heavy (non-hydrogen) atoms. The lowest BCUT2D eigenvalue weighted by molar-refractivity contribution is -0.274. The number of carboxylic acid groups (broad SMARTS) is 1. The van der Waals surface area contributed by atoms with Crippen LogP contribution in [0.3, 0.4) is 0 Å². The van der Waals surface area contributed by atoms with E-state index in [2.05, 4.69) is 20.4 Å². The minimum atomic E-state index is -4.81. The smallest absolute Gasteiger partial charge is 0.490 e. The monoisotopic (exact) mass is 533 g/mol. The Bertz CT molecular complexity index is 1300. The lowest BCUT2D eigenvalue weighted by Gasteiger charge is -2.26. The minimum absolute atomic E-state index is 0.0542. The van der Waals surface area contributed by atoms with Crippen LogP contribution in [0.25, 0.3) is 10.9 Å². The van der Waals surface area contributed by atoms with Crippen molar-refractivity contribution in [1.82, 2.24) is 15.6 Å². The van der Waals surface area contributed by atoms with Crippen molar-refractivity contribution >= 4 is 28.7 Å². The van der Waals surface area contributed by atoms with Crippen LogP contribution in [0.1, 0.15) is 46.5 Å². The van der Waals surface area contributed by atoms with Gasteiger partial charge >= 0.3 is 12.3 Å². The van der Waals surface area contributed by atoms with E-state index in [4.69, 9.17) is 9.84 Å². The van der Waals surface area contributed by atoms with Crippen LogP contribution < -0.4 is 20.1 Å². The quantitative estimate of drug-likeness (QED) is 0.305. The molecule has 12 heteroatoms. The van der Waals surface area contributed by atoms with Crippen LogP contribution in [-0.4, -0.2) is 53.4 Å². The predicted molar refractivity (Wildman–Crippen MR) is 130 cm³/mol. The molecule has 1 heterocycles. The molecule has 0 bridgehead atoms. The molecule has 1 saturated carbocycles. The number of H-pyrrole nitrogens is 1. The van der Waals surface area contributed by atoms with Crippen molar-refractivity contribution in [2.45, 2.75) is 38.1 Å². The zero-order valence-corrected chi connectivity index (χ0v) is 20.1. The summed E-state index contributed by atoms with van der Waals surface area (Å²) in [7, 11) is 0. The largest absolute Gasteiger partial charge is 0.573 e. The fraction of sp³-hybridized carbons (Fsp3) is 0.346. The number of carbonyl (C=O) groups is 3. The number of hydrogen-bond acceptors (Lipinski definition) is 5. The lowest BCUT2D eigenvalue weighted by atomic mass is 9.87. The van der Waals surface area contributed by atoms with E-state index in [9.17, 15) is 27.6 Å². The molecule has 1 fully saturated rings. The van der Waals surface area contributed by atoms with Crippen molar-refractivity contribution in [3.8, 4) is 11.5 Å². The van der Waals surface area contributed by atoms with E-state index in [0.29, 0.717) is 47.9 Å². The van der Waals surface area contributed by atoms with Gasteiger partial charge in [-0.3, -0.25) is 14.4 Å². The van der Waals surface area contributed by atoms with Gasteiger partial charge in [-0.2, -0.15) is 0 Å². The van der Waals surface area contributed by atoms with Crippen LogP contribution in [0.4, 0.5) is 13.2 Å². The van der Waals surface area contributed by atoms with E-state index in [-0.39, 0.29) is 42.5 Å². The van der Waals surface area contributed by atoms with Crippen molar-refractivity contribution in [2.75, 3.05) is 13.1 Å². The van der Waals surface area contributed by atoms with Gasteiger partial charge in [-0.1, -0.05) is 0 Å². The van der Waals surface area contributed by atoms with Crippen LogP contribution in [-0.2, 0) is 4.79 Å². The molecule has 2 amide bonds.